The minimum Gasteiger partial charge on any atom is -0.374 e. The van der Waals surface area contributed by atoms with Crippen molar-refractivity contribution in [3.8, 4) is 0 Å². The van der Waals surface area contributed by atoms with Crippen LogP contribution < -0.4 is 10.6 Å². The van der Waals surface area contributed by atoms with Crippen LogP contribution in [0.3, 0.4) is 0 Å². The first-order valence-corrected chi connectivity index (χ1v) is 4.45. The van der Waals surface area contributed by atoms with Crippen molar-refractivity contribution in [3.63, 3.8) is 0 Å². The second-order valence-corrected chi connectivity index (χ2v) is 3.21. The number of carbonyl (C=O) groups excluding carboxylic acids is 1. The van der Waals surface area contributed by atoms with Crippen molar-refractivity contribution in [1.29, 1.82) is 0 Å². The van der Waals surface area contributed by atoms with Gasteiger partial charge in [-0.1, -0.05) is 0 Å². The Bertz CT molecular complexity index is 167. The Hall–Kier alpha value is -0.810. The summed E-state index contributed by atoms with van der Waals surface area (Å²) in [5.41, 5.74) is 0. The molecule has 1 fully saturated rings. The number of hydrogen-bond acceptors (Lipinski definition) is 3. The third-order valence-electron chi connectivity index (χ3n) is 1.53. The van der Waals surface area contributed by atoms with Gasteiger partial charge in [-0.15, -0.1) is 0 Å². The van der Waals surface area contributed by atoms with E-state index in [2.05, 4.69) is 10.6 Å². The first-order valence-electron chi connectivity index (χ1n) is 4.45. The standard InChI is InChI=1S/C8H16N2O3/c1-6(2)9-8(11)10-7-5-12-3-4-13-7/h6-7H,3-5H2,1-2H3,(H2,9,10,11)/t7-/m0/s1. The number of amides is 2. The van der Waals surface area contributed by atoms with Gasteiger partial charge < -0.3 is 20.1 Å². The van der Waals surface area contributed by atoms with Crippen LogP contribution in [0.2, 0.25) is 0 Å². The third kappa shape index (κ3) is 4.10. The average molecular weight is 188 g/mol. The molecule has 1 heterocycles. The van der Waals surface area contributed by atoms with E-state index in [-0.39, 0.29) is 18.3 Å². The van der Waals surface area contributed by atoms with Gasteiger partial charge in [0.1, 0.15) is 0 Å². The van der Waals surface area contributed by atoms with Crippen LogP contribution in [0.1, 0.15) is 13.8 Å². The molecule has 0 bridgehead atoms. The predicted octanol–water partition coefficient (Wildman–Crippen LogP) is 0.0669. The lowest BCUT2D eigenvalue weighted by molar-refractivity contribution is -0.0959. The summed E-state index contributed by atoms with van der Waals surface area (Å²) in [6.07, 6.45) is -0.313. The summed E-state index contributed by atoms with van der Waals surface area (Å²) in [4.78, 5) is 11.2. The van der Waals surface area contributed by atoms with Crippen molar-refractivity contribution in [1.82, 2.24) is 10.6 Å². The molecule has 0 aromatic carbocycles. The molecule has 1 saturated heterocycles. The van der Waals surface area contributed by atoms with E-state index in [9.17, 15) is 4.79 Å². The lowest BCUT2D eigenvalue weighted by Crippen LogP contribution is -2.49. The normalized spacial score (nSPS) is 22.8. The number of ether oxygens (including phenoxy) is 2. The second kappa shape index (κ2) is 5.04. The molecule has 2 amide bonds. The molecule has 0 aromatic rings. The molecule has 0 saturated carbocycles. The van der Waals surface area contributed by atoms with Crippen LogP contribution in [0, 0.1) is 0 Å². The summed E-state index contributed by atoms with van der Waals surface area (Å²) in [7, 11) is 0. The van der Waals surface area contributed by atoms with Crippen molar-refractivity contribution >= 4 is 6.03 Å². The fraction of sp³-hybridized carbons (Fsp3) is 0.875. The molecule has 2 N–H and O–H groups in total. The summed E-state index contributed by atoms with van der Waals surface area (Å²) in [5, 5.41) is 5.36. The van der Waals surface area contributed by atoms with Gasteiger partial charge >= 0.3 is 6.03 Å². The maximum absolute atomic E-state index is 11.2. The van der Waals surface area contributed by atoms with Gasteiger partial charge in [-0.3, -0.25) is 0 Å². The van der Waals surface area contributed by atoms with Crippen LogP contribution in [0.4, 0.5) is 4.79 Å². The first-order chi connectivity index (χ1) is 6.18. The largest absolute Gasteiger partial charge is 0.374 e. The van der Waals surface area contributed by atoms with Crippen molar-refractivity contribution in [3.05, 3.63) is 0 Å². The van der Waals surface area contributed by atoms with Crippen LogP contribution in [0.25, 0.3) is 0 Å². The van der Waals surface area contributed by atoms with E-state index >= 15 is 0 Å². The Morgan fingerprint density at radius 2 is 2.23 bits per heavy atom. The molecular formula is C8H16N2O3. The Morgan fingerprint density at radius 3 is 2.77 bits per heavy atom. The smallest absolute Gasteiger partial charge is 0.317 e. The molecule has 1 aliphatic rings. The summed E-state index contributed by atoms with van der Waals surface area (Å²) in [5.74, 6) is 0. The molecule has 5 nitrogen and oxygen atoms in total. The monoisotopic (exact) mass is 188 g/mol. The highest BCUT2D eigenvalue weighted by Crippen LogP contribution is 1.96. The molecular weight excluding hydrogens is 172 g/mol. The van der Waals surface area contributed by atoms with Crippen molar-refractivity contribution in [2.45, 2.75) is 26.1 Å². The molecule has 13 heavy (non-hydrogen) atoms. The highest BCUT2D eigenvalue weighted by molar-refractivity contribution is 5.74. The molecule has 0 radical (unpaired) electrons. The molecule has 0 spiro atoms. The maximum atomic E-state index is 11.2. The molecule has 1 rings (SSSR count). The first kappa shape index (κ1) is 10.3. The van der Waals surface area contributed by atoms with Gasteiger partial charge in [-0.05, 0) is 13.8 Å². The zero-order chi connectivity index (χ0) is 9.68. The second-order valence-electron chi connectivity index (χ2n) is 3.21. The molecule has 1 aliphatic heterocycles. The maximum Gasteiger partial charge on any atom is 0.317 e. The zero-order valence-corrected chi connectivity index (χ0v) is 8.00. The van der Waals surface area contributed by atoms with Gasteiger partial charge in [0, 0.05) is 6.04 Å². The Morgan fingerprint density at radius 1 is 1.46 bits per heavy atom. The minimum atomic E-state index is -0.313. The molecule has 0 aromatic heterocycles. The van der Waals surface area contributed by atoms with E-state index in [0.717, 1.165) is 0 Å². The molecule has 76 valence electrons. The van der Waals surface area contributed by atoms with Crippen LogP contribution in [0.15, 0.2) is 0 Å². The number of carbonyl (C=O) groups is 1. The molecule has 1 atom stereocenters. The highest BCUT2D eigenvalue weighted by Gasteiger charge is 2.16. The lowest BCUT2D eigenvalue weighted by Gasteiger charge is -2.24. The van der Waals surface area contributed by atoms with Gasteiger partial charge in [0.2, 0.25) is 0 Å². The zero-order valence-electron chi connectivity index (χ0n) is 8.00. The van der Waals surface area contributed by atoms with E-state index in [1.54, 1.807) is 0 Å². The van der Waals surface area contributed by atoms with E-state index in [1.165, 1.54) is 0 Å². The van der Waals surface area contributed by atoms with Gasteiger partial charge in [0.25, 0.3) is 0 Å². The van der Waals surface area contributed by atoms with E-state index in [0.29, 0.717) is 19.8 Å². The predicted molar refractivity (Wildman–Crippen MR) is 47.4 cm³/mol. The van der Waals surface area contributed by atoms with E-state index in [4.69, 9.17) is 9.47 Å². The van der Waals surface area contributed by atoms with E-state index < -0.39 is 0 Å². The third-order valence-corrected chi connectivity index (χ3v) is 1.53. The van der Waals surface area contributed by atoms with Gasteiger partial charge in [0.05, 0.1) is 19.8 Å². The van der Waals surface area contributed by atoms with Crippen molar-refractivity contribution in [2.24, 2.45) is 0 Å². The van der Waals surface area contributed by atoms with Gasteiger partial charge in [0.15, 0.2) is 6.23 Å². The Labute approximate surface area is 77.8 Å². The lowest BCUT2D eigenvalue weighted by atomic mass is 10.4. The van der Waals surface area contributed by atoms with Gasteiger partial charge in [-0.2, -0.15) is 0 Å². The number of nitrogens with one attached hydrogen (secondary N) is 2. The van der Waals surface area contributed by atoms with Crippen molar-refractivity contribution in [2.75, 3.05) is 19.8 Å². The van der Waals surface area contributed by atoms with E-state index in [1.807, 2.05) is 13.8 Å². The minimum absolute atomic E-state index is 0.129. The van der Waals surface area contributed by atoms with Crippen LogP contribution in [-0.2, 0) is 9.47 Å². The number of hydrogen-bond donors (Lipinski definition) is 2. The molecule has 5 heteroatoms. The summed E-state index contributed by atoms with van der Waals surface area (Å²) in [6.45, 7) is 5.36. The van der Waals surface area contributed by atoms with Crippen LogP contribution in [0.5, 0.6) is 0 Å². The summed E-state index contributed by atoms with van der Waals surface area (Å²) < 4.78 is 10.4. The van der Waals surface area contributed by atoms with Crippen LogP contribution >= 0.6 is 0 Å². The Balaban J connectivity index is 2.18. The van der Waals surface area contributed by atoms with Crippen LogP contribution in [-0.4, -0.2) is 38.1 Å². The Kier molecular flexibility index (Phi) is 3.98. The summed E-state index contributed by atoms with van der Waals surface area (Å²) >= 11 is 0. The SMILES string of the molecule is CC(C)NC(=O)N[C@@H]1COCCO1. The summed E-state index contributed by atoms with van der Waals surface area (Å²) in [6, 6.07) is -0.0880. The molecule has 0 aliphatic carbocycles. The fourth-order valence-electron chi connectivity index (χ4n) is 1.02. The number of urea groups is 1. The highest BCUT2D eigenvalue weighted by atomic mass is 16.6. The number of rotatable bonds is 2. The topological polar surface area (TPSA) is 59.6 Å². The fourth-order valence-corrected chi connectivity index (χ4v) is 1.02. The van der Waals surface area contributed by atoms with Gasteiger partial charge in [-0.25, -0.2) is 4.79 Å². The average Bonchev–Trinajstić information content (AvgIpc) is 2.04. The quantitative estimate of drug-likeness (QED) is 0.644. The van der Waals surface area contributed by atoms with Crippen molar-refractivity contribution < 1.29 is 14.3 Å². The molecule has 0 unspecified atom stereocenters.